The number of fused-ring (bicyclic) bond motifs is 7. The number of ether oxygens (including phenoxy) is 1. The van der Waals surface area contributed by atoms with Gasteiger partial charge < -0.3 is 4.74 Å². The quantitative estimate of drug-likeness (QED) is 0.529. The van der Waals surface area contributed by atoms with E-state index in [-0.39, 0.29) is 5.41 Å². The summed E-state index contributed by atoms with van der Waals surface area (Å²) in [7, 11) is 0. The largest absolute Gasteiger partial charge is 0.374 e. The molecular weight excluding hydrogens is 356 g/mol. The monoisotopic (exact) mass is 400 g/mol. The maximum absolute atomic E-state index is 13.9. The Labute approximate surface area is 178 Å². The zero-order valence-electron chi connectivity index (χ0n) is 19.6. The second-order valence-corrected chi connectivity index (χ2v) is 12.6. The third-order valence-electron chi connectivity index (χ3n) is 11.1. The first-order valence-electron chi connectivity index (χ1n) is 13.0. The van der Waals surface area contributed by atoms with Crippen LogP contribution >= 0.6 is 0 Å². The van der Waals surface area contributed by atoms with Gasteiger partial charge in [-0.3, -0.25) is 4.79 Å². The number of ketones is 1. The van der Waals surface area contributed by atoms with Gasteiger partial charge in [-0.1, -0.05) is 47.5 Å². The van der Waals surface area contributed by atoms with Crippen LogP contribution in [0.15, 0.2) is 0 Å². The third kappa shape index (κ3) is 2.86. The molecule has 10 atom stereocenters. The molecule has 2 heteroatoms. The van der Waals surface area contributed by atoms with Gasteiger partial charge in [0.2, 0.25) is 0 Å². The van der Waals surface area contributed by atoms with Crippen LogP contribution in [0.3, 0.4) is 0 Å². The van der Waals surface area contributed by atoms with Crippen molar-refractivity contribution in [1.82, 2.24) is 0 Å². The first kappa shape index (κ1) is 20.5. The molecule has 0 N–H and O–H groups in total. The Hall–Kier alpha value is -0.370. The van der Waals surface area contributed by atoms with E-state index in [9.17, 15) is 4.79 Å². The molecule has 1 saturated heterocycles. The van der Waals surface area contributed by atoms with E-state index in [1.165, 1.54) is 51.4 Å². The fraction of sp³-hybridized carbons (Fsp3) is 0.963. The summed E-state index contributed by atoms with van der Waals surface area (Å²) < 4.78 is 6.71. The molecule has 5 fully saturated rings. The number of hydrogen-bond acceptors (Lipinski definition) is 2. The van der Waals surface area contributed by atoms with Crippen molar-refractivity contribution in [2.45, 2.75) is 111 Å². The van der Waals surface area contributed by atoms with E-state index in [1.54, 1.807) is 0 Å². The highest BCUT2D eigenvalue weighted by atomic mass is 16.5. The first-order chi connectivity index (χ1) is 13.8. The molecule has 1 heterocycles. The Morgan fingerprint density at radius 2 is 1.90 bits per heavy atom. The van der Waals surface area contributed by atoms with Crippen LogP contribution in [-0.4, -0.2) is 18.0 Å². The summed E-state index contributed by atoms with van der Waals surface area (Å²) >= 11 is 0. The molecule has 0 spiro atoms. The van der Waals surface area contributed by atoms with Crippen molar-refractivity contribution >= 4 is 5.78 Å². The Morgan fingerprint density at radius 3 is 2.66 bits per heavy atom. The third-order valence-corrected chi connectivity index (χ3v) is 11.1. The van der Waals surface area contributed by atoms with Crippen molar-refractivity contribution in [3.8, 4) is 0 Å². The van der Waals surface area contributed by atoms with Crippen molar-refractivity contribution in [3.05, 3.63) is 0 Å². The van der Waals surface area contributed by atoms with Crippen LogP contribution in [0.25, 0.3) is 0 Å². The Kier molecular flexibility index (Phi) is 5.01. The Bertz CT molecular complexity index is 655. The molecule has 0 bridgehead atoms. The average molecular weight is 401 g/mol. The second-order valence-electron chi connectivity index (χ2n) is 12.6. The molecule has 4 saturated carbocycles. The number of rotatable bonds is 3. The maximum atomic E-state index is 13.9. The van der Waals surface area contributed by atoms with Crippen LogP contribution < -0.4 is 0 Å². The Balaban J connectivity index is 1.41. The van der Waals surface area contributed by atoms with Crippen molar-refractivity contribution in [2.75, 3.05) is 0 Å². The van der Waals surface area contributed by atoms with Crippen LogP contribution in [0.4, 0.5) is 0 Å². The van der Waals surface area contributed by atoms with Crippen LogP contribution in [0, 0.1) is 52.3 Å². The highest BCUT2D eigenvalue weighted by molar-refractivity contribution is 5.87. The highest BCUT2D eigenvalue weighted by Crippen LogP contribution is 2.69. The normalized spacial score (nSPS) is 54.1. The van der Waals surface area contributed by atoms with Gasteiger partial charge in [-0.05, 0) is 85.9 Å². The molecule has 164 valence electrons. The molecule has 29 heavy (non-hydrogen) atoms. The molecule has 0 amide bonds. The molecule has 0 aromatic heterocycles. The molecule has 5 aliphatic rings. The summed E-state index contributed by atoms with van der Waals surface area (Å²) in [5.41, 5.74) is 0.317. The van der Waals surface area contributed by atoms with Crippen molar-refractivity contribution < 1.29 is 9.53 Å². The summed E-state index contributed by atoms with van der Waals surface area (Å²) in [5.74, 6) is 5.24. The first-order valence-corrected chi connectivity index (χ1v) is 13.0. The van der Waals surface area contributed by atoms with Gasteiger partial charge in [0.15, 0.2) is 0 Å². The number of carbonyl (C=O) groups excluding carboxylic acids is 1. The summed E-state index contributed by atoms with van der Waals surface area (Å²) in [6.45, 7) is 12.0. The predicted octanol–water partition coefficient (Wildman–Crippen LogP) is 6.66. The van der Waals surface area contributed by atoms with Crippen LogP contribution in [0.2, 0.25) is 0 Å². The van der Waals surface area contributed by atoms with E-state index in [0.717, 1.165) is 30.6 Å². The van der Waals surface area contributed by atoms with E-state index in [4.69, 9.17) is 4.74 Å². The summed E-state index contributed by atoms with van der Waals surface area (Å²) in [5, 5.41) is 0. The fourth-order valence-corrected chi connectivity index (χ4v) is 9.48. The lowest BCUT2D eigenvalue weighted by molar-refractivity contribution is -0.157. The predicted molar refractivity (Wildman–Crippen MR) is 118 cm³/mol. The minimum absolute atomic E-state index is 0.115. The van der Waals surface area contributed by atoms with E-state index in [0.29, 0.717) is 47.1 Å². The lowest BCUT2D eigenvalue weighted by Crippen LogP contribution is -2.56. The van der Waals surface area contributed by atoms with E-state index >= 15 is 0 Å². The zero-order valence-corrected chi connectivity index (χ0v) is 19.6. The van der Waals surface area contributed by atoms with E-state index in [1.807, 2.05) is 0 Å². The van der Waals surface area contributed by atoms with Crippen LogP contribution in [0.5, 0.6) is 0 Å². The van der Waals surface area contributed by atoms with Gasteiger partial charge in [0.1, 0.15) is 5.78 Å². The van der Waals surface area contributed by atoms with Crippen molar-refractivity contribution in [1.29, 1.82) is 0 Å². The Morgan fingerprint density at radius 1 is 1.10 bits per heavy atom. The van der Waals surface area contributed by atoms with Gasteiger partial charge in [-0.25, -0.2) is 0 Å². The topological polar surface area (TPSA) is 26.3 Å². The molecule has 0 aromatic rings. The van der Waals surface area contributed by atoms with Gasteiger partial charge in [-0.15, -0.1) is 0 Å². The standard InChI is InChI=1S/C27H44O2/c1-16(2)9-12-22-17(3)25-23(29-22)14-21-19-11-10-18-8-6-7-13-26(18,4)20(19)15-24(28)27(21,25)5/h16-23,25H,6-15H2,1-5H3/t17-,18-,19-,20+,21+,22?,23+,25+,26+,27-/m1/s1. The fourth-order valence-electron chi connectivity index (χ4n) is 9.48. The van der Waals surface area contributed by atoms with Gasteiger partial charge in [0, 0.05) is 17.8 Å². The maximum Gasteiger partial charge on any atom is 0.139 e. The molecule has 5 rings (SSSR count). The van der Waals surface area contributed by atoms with Crippen LogP contribution in [-0.2, 0) is 9.53 Å². The molecule has 1 unspecified atom stereocenters. The van der Waals surface area contributed by atoms with Crippen molar-refractivity contribution in [2.24, 2.45) is 52.3 Å². The van der Waals surface area contributed by atoms with Gasteiger partial charge in [0.25, 0.3) is 0 Å². The van der Waals surface area contributed by atoms with Gasteiger partial charge in [0.05, 0.1) is 12.2 Å². The SMILES string of the molecule is CC(C)CCC1O[C@H]2C[C@H]3[C@@H]4CC[C@H]5CCCC[C@]5(C)[C@H]4CC(=O)[C@]3(C)[C@H]2[C@@H]1C. The van der Waals surface area contributed by atoms with E-state index in [2.05, 4.69) is 34.6 Å². The minimum Gasteiger partial charge on any atom is -0.374 e. The molecular formula is C27H44O2. The van der Waals surface area contributed by atoms with Gasteiger partial charge in [-0.2, -0.15) is 0 Å². The molecule has 4 aliphatic carbocycles. The number of hydrogen-bond donors (Lipinski definition) is 0. The second kappa shape index (κ2) is 7.07. The summed E-state index contributed by atoms with van der Waals surface area (Å²) in [4.78, 5) is 13.9. The van der Waals surface area contributed by atoms with Crippen LogP contribution in [0.1, 0.15) is 98.8 Å². The number of carbonyl (C=O) groups is 1. The zero-order chi connectivity index (χ0) is 20.6. The minimum atomic E-state index is -0.115. The molecule has 0 radical (unpaired) electrons. The molecule has 2 nitrogen and oxygen atoms in total. The van der Waals surface area contributed by atoms with E-state index < -0.39 is 0 Å². The lowest BCUT2D eigenvalue weighted by Gasteiger charge is -2.60. The highest BCUT2D eigenvalue weighted by Gasteiger charge is 2.68. The average Bonchev–Trinajstić information content (AvgIpc) is 3.15. The van der Waals surface area contributed by atoms with Crippen molar-refractivity contribution in [3.63, 3.8) is 0 Å². The molecule has 1 aliphatic heterocycles. The smallest absolute Gasteiger partial charge is 0.139 e. The number of Topliss-reactive ketones (excluding diaryl/α,β-unsaturated/α-hetero) is 1. The lowest BCUT2D eigenvalue weighted by atomic mass is 9.44. The van der Waals surface area contributed by atoms with Gasteiger partial charge >= 0.3 is 0 Å². The molecule has 0 aromatic carbocycles. The summed E-state index contributed by atoms with van der Waals surface area (Å²) in [6.07, 6.45) is 13.6. The summed E-state index contributed by atoms with van der Waals surface area (Å²) in [6, 6.07) is 0.